The van der Waals surface area contributed by atoms with Crippen LogP contribution in [0.3, 0.4) is 0 Å². The molecule has 1 rings (SSSR count). The summed E-state index contributed by atoms with van der Waals surface area (Å²) in [6.07, 6.45) is -2.61. The first-order valence-electron chi connectivity index (χ1n) is 3.30. The second-order valence-corrected chi connectivity index (χ2v) is 3.83. The molecule has 13 heavy (non-hydrogen) atoms. The Labute approximate surface area is 90.2 Å². The lowest BCUT2D eigenvalue weighted by Gasteiger charge is -2.08. The van der Waals surface area contributed by atoms with Crippen molar-refractivity contribution in [3.05, 3.63) is 26.4 Å². The van der Waals surface area contributed by atoms with Crippen molar-refractivity contribution in [3.63, 3.8) is 0 Å². The van der Waals surface area contributed by atoms with Crippen molar-refractivity contribution in [3.8, 4) is 0 Å². The summed E-state index contributed by atoms with van der Waals surface area (Å²) in [5.41, 5.74) is -0.0885. The lowest BCUT2D eigenvalue weighted by molar-refractivity contribution is 0.146. The van der Waals surface area contributed by atoms with Gasteiger partial charge >= 0.3 is 0 Å². The monoisotopic (exact) mass is 315 g/mol. The third kappa shape index (κ3) is 2.45. The van der Waals surface area contributed by atoms with E-state index in [0.29, 0.717) is 4.60 Å². The van der Waals surface area contributed by atoms with Crippen LogP contribution in [0.2, 0.25) is 0 Å². The molecule has 0 unspecified atom stereocenters. The lowest BCUT2D eigenvalue weighted by Crippen LogP contribution is -1.98. The zero-order chi connectivity index (χ0) is 10.0. The van der Waals surface area contributed by atoms with Crippen molar-refractivity contribution >= 4 is 31.9 Å². The maximum absolute atomic E-state index is 12.4. The van der Waals surface area contributed by atoms with Crippen LogP contribution in [0.4, 0.5) is 8.78 Å². The molecule has 0 radical (unpaired) electrons. The van der Waals surface area contributed by atoms with E-state index in [1.165, 1.54) is 6.07 Å². The Bertz CT molecular complexity index is 320. The second kappa shape index (κ2) is 4.43. The van der Waals surface area contributed by atoms with E-state index in [0.717, 1.165) is 0 Å². The first-order valence-corrected chi connectivity index (χ1v) is 4.88. The minimum Gasteiger partial charge on any atom is -0.392 e. The number of hydrogen-bond donors (Lipinski definition) is 1. The molecular formula is C7H5Br2F2NO. The molecule has 0 saturated heterocycles. The minimum absolute atomic E-state index is 0.123. The Hall–Kier alpha value is -0.0700. The molecular weight excluding hydrogens is 312 g/mol. The molecule has 2 nitrogen and oxygen atoms in total. The standard InChI is InChI=1S/C7H5Br2F2NO/c8-5-1-3(7(10)11)4(2-13)6(9)12-5/h1,7,13H,2H2. The molecule has 0 amide bonds. The van der Waals surface area contributed by atoms with E-state index >= 15 is 0 Å². The summed E-state index contributed by atoms with van der Waals surface area (Å²) in [5, 5.41) is 8.82. The van der Waals surface area contributed by atoms with Crippen molar-refractivity contribution in [2.24, 2.45) is 0 Å². The van der Waals surface area contributed by atoms with Gasteiger partial charge in [0.1, 0.15) is 9.21 Å². The second-order valence-electron chi connectivity index (χ2n) is 2.26. The van der Waals surface area contributed by atoms with Crippen LogP contribution in [-0.4, -0.2) is 10.1 Å². The van der Waals surface area contributed by atoms with Gasteiger partial charge < -0.3 is 5.11 Å². The first-order chi connectivity index (χ1) is 6.06. The Morgan fingerprint density at radius 2 is 2.08 bits per heavy atom. The molecule has 1 aromatic heterocycles. The van der Waals surface area contributed by atoms with Crippen LogP contribution in [0.25, 0.3) is 0 Å². The summed E-state index contributed by atoms with van der Waals surface area (Å²) in [6.45, 7) is -0.458. The molecule has 1 N–H and O–H groups in total. The summed E-state index contributed by atoms with van der Waals surface area (Å²) >= 11 is 5.98. The largest absolute Gasteiger partial charge is 0.392 e. The van der Waals surface area contributed by atoms with Crippen LogP contribution in [0.1, 0.15) is 17.6 Å². The molecule has 0 spiro atoms. The quantitative estimate of drug-likeness (QED) is 0.851. The average molecular weight is 317 g/mol. The highest BCUT2D eigenvalue weighted by Gasteiger charge is 2.16. The molecule has 0 saturated carbocycles. The number of aliphatic hydroxyl groups excluding tert-OH is 1. The van der Waals surface area contributed by atoms with Gasteiger partial charge in [-0.3, -0.25) is 0 Å². The summed E-state index contributed by atoms with van der Waals surface area (Å²) in [7, 11) is 0. The fraction of sp³-hybridized carbons (Fsp3) is 0.286. The minimum atomic E-state index is -2.61. The molecule has 0 fully saturated rings. The predicted octanol–water partition coefficient (Wildman–Crippen LogP) is 3.04. The van der Waals surface area contributed by atoms with Gasteiger partial charge in [-0.2, -0.15) is 0 Å². The third-order valence-corrected chi connectivity index (χ3v) is 2.53. The van der Waals surface area contributed by atoms with E-state index in [2.05, 4.69) is 36.8 Å². The molecule has 0 bridgehead atoms. The maximum atomic E-state index is 12.4. The van der Waals surface area contributed by atoms with Gasteiger partial charge in [0, 0.05) is 11.1 Å². The number of alkyl halides is 2. The van der Waals surface area contributed by atoms with Crippen molar-refractivity contribution in [1.29, 1.82) is 0 Å². The van der Waals surface area contributed by atoms with Gasteiger partial charge in [-0.25, -0.2) is 13.8 Å². The van der Waals surface area contributed by atoms with Gasteiger partial charge in [-0.05, 0) is 37.9 Å². The van der Waals surface area contributed by atoms with E-state index in [4.69, 9.17) is 5.11 Å². The number of hydrogen-bond acceptors (Lipinski definition) is 2. The molecule has 0 atom stereocenters. The van der Waals surface area contributed by atoms with Crippen molar-refractivity contribution in [2.45, 2.75) is 13.0 Å². The predicted molar refractivity (Wildman–Crippen MR) is 50.5 cm³/mol. The Morgan fingerprint density at radius 3 is 2.54 bits per heavy atom. The van der Waals surface area contributed by atoms with Crippen molar-refractivity contribution in [2.75, 3.05) is 0 Å². The number of aliphatic hydroxyl groups is 1. The Morgan fingerprint density at radius 1 is 1.46 bits per heavy atom. The Kier molecular flexibility index (Phi) is 3.75. The number of nitrogens with zero attached hydrogens (tertiary/aromatic N) is 1. The van der Waals surface area contributed by atoms with Crippen LogP contribution in [-0.2, 0) is 6.61 Å². The normalized spacial score (nSPS) is 10.9. The summed E-state index contributed by atoms with van der Waals surface area (Å²) in [6, 6.07) is 1.20. The SMILES string of the molecule is OCc1c(C(F)F)cc(Br)nc1Br. The molecule has 0 aliphatic carbocycles. The Balaban J connectivity index is 3.29. The van der Waals surface area contributed by atoms with Gasteiger partial charge in [-0.15, -0.1) is 0 Å². The van der Waals surface area contributed by atoms with Gasteiger partial charge in [0.2, 0.25) is 0 Å². The fourth-order valence-electron chi connectivity index (χ4n) is 0.879. The number of halogens is 4. The van der Waals surface area contributed by atoms with E-state index < -0.39 is 13.0 Å². The van der Waals surface area contributed by atoms with Crippen LogP contribution < -0.4 is 0 Å². The van der Waals surface area contributed by atoms with Crippen LogP contribution in [0.5, 0.6) is 0 Å². The number of pyridine rings is 1. The molecule has 1 aromatic rings. The van der Waals surface area contributed by atoms with E-state index in [-0.39, 0.29) is 15.7 Å². The third-order valence-electron chi connectivity index (χ3n) is 1.47. The maximum Gasteiger partial charge on any atom is 0.264 e. The lowest BCUT2D eigenvalue weighted by atomic mass is 10.1. The van der Waals surface area contributed by atoms with E-state index in [1.54, 1.807) is 0 Å². The van der Waals surface area contributed by atoms with Crippen LogP contribution in [0.15, 0.2) is 15.3 Å². The number of aromatic nitrogens is 1. The molecule has 0 aliphatic rings. The summed E-state index contributed by atoms with van der Waals surface area (Å²) in [4.78, 5) is 3.83. The average Bonchev–Trinajstić information content (AvgIpc) is 2.02. The zero-order valence-electron chi connectivity index (χ0n) is 6.27. The highest BCUT2D eigenvalue weighted by molar-refractivity contribution is 9.11. The number of rotatable bonds is 2. The molecule has 0 aliphatic heterocycles. The van der Waals surface area contributed by atoms with Gasteiger partial charge in [-0.1, -0.05) is 0 Å². The molecule has 0 aromatic carbocycles. The van der Waals surface area contributed by atoms with Crippen LogP contribution in [0, 0.1) is 0 Å². The highest BCUT2D eigenvalue weighted by Crippen LogP contribution is 2.29. The zero-order valence-corrected chi connectivity index (χ0v) is 9.44. The van der Waals surface area contributed by atoms with Crippen molar-refractivity contribution < 1.29 is 13.9 Å². The van der Waals surface area contributed by atoms with E-state index in [1.807, 2.05) is 0 Å². The topological polar surface area (TPSA) is 33.1 Å². The van der Waals surface area contributed by atoms with E-state index in [9.17, 15) is 8.78 Å². The first kappa shape index (κ1) is 11.0. The van der Waals surface area contributed by atoms with Crippen molar-refractivity contribution in [1.82, 2.24) is 4.98 Å². The smallest absolute Gasteiger partial charge is 0.264 e. The molecule has 6 heteroatoms. The molecule has 1 heterocycles. The summed E-state index contributed by atoms with van der Waals surface area (Å²) in [5.74, 6) is 0. The van der Waals surface area contributed by atoms with Gasteiger partial charge in [0.05, 0.1) is 6.61 Å². The van der Waals surface area contributed by atoms with Gasteiger partial charge in [0.15, 0.2) is 0 Å². The van der Waals surface area contributed by atoms with Gasteiger partial charge in [0.25, 0.3) is 6.43 Å². The fourth-order valence-corrected chi connectivity index (χ4v) is 2.09. The highest BCUT2D eigenvalue weighted by atomic mass is 79.9. The molecule has 72 valence electrons. The summed E-state index contributed by atoms with van der Waals surface area (Å²) < 4.78 is 25.3. The van der Waals surface area contributed by atoms with Crippen LogP contribution >= 0.6 is 31.9 Å².